The Kier molecular flexibility index (Phi) is 3.85. The van der Waals surface area contributed by atoms with E-state index in [9.17, 15) is 10.2 Å². The number of benzene rings is 1. The number of aromatic hydroxyl groups is 1. The van der Waals surface area contributed by atoms with Gasteiger partial charge in [-0.3, -0.25) is 4.90 Å². The van der Waals surface area contributed by atoms with Crippen molar-refractivity contribution in [2.75, 3.05) is 33.2 Å². The summed E-state index contributed by atoms with van der Waals surface area (Å²) in [6.07, 6.45) is 4.16. The summed E-state index contributed by atoms with van der Waals surface area (Å²) in [6, 6.07) is 3.78. The Balaban J connectivity index is 1.66. The first kappa shape index (κ1) is 17.8. The lowest BCUT2D eigenvalue weighted by Crippen LogP contribution is -2.70. The van der Waals surface area contributed by atoms with E-state index < -0.39 is 11.0 Å². The number of rotatable bonds is 2. The molecule has 4 atom stereocenters. The van der Waals surface area contributed by atoms with Crippen LogP contribution in [0.1, 0.15) is 43.7 Å². The first-order chi connectivity index (χ1) is 12.9. The van der Waals surface area contributed by atoms with Crippen LogP contribution in [0.25, 0.3) is 0 Å². The highest BCUT2D eigenvalue weighted by Crippen LogP contribution is 2.60. The number of hydrogen-bond donors (Lipinski definition) is 2. The molecule has 2 N–H and O–H groups in total. The van der Waals surface area contributed by atoms with Gasteiger partial charge < -0.3 is 19.8 Å². The summed E-state index contributed by atoms with van der Waals surface area (Å²) in [6.45, 7) is 8.04. The zero-order valence-electron chi connectivity index (χ0n) is 16.7. The van der Waals surface area contributed by atoms with E-state index in [4.69, 9.17) is 4.74 Å². The molecule has 2 saturated heterocycles. The van der Waals surface area contributed by atoms with Crippen molar-refractivity contribution in [2.45, 2.75) is 62.7 Å². The number of aliphatic hydroxyl groups is 1. The van der Waals surface area contributed by atoms with Gasteiger partial charge in [0.05, 0.1) is 11.0 Å². The van der Waals surface area contributed by atoms with Crippen LogP contribution in [0.2, 0.25) is 0 Å². The minimum atomic E-state index is -0.862. The summed E-state index contributed by atoms with van der Waals surface area (Å²) in [5.74, 6) is 1.62. The van der Waals surface area contributed by atoms with E-state index in [2.05, 4.69) is 30.7 Å². The van der Waals surface area contributed by atoms with Gasteiger partial charge in [0.25, 0.3) is 0 Å². The number of phenols is 1. The molecule has 1 saturated carbocycles. The van der Waals surface area contributed by atoms with Gasteiger partial charge in [-0.1, -0.05) is 6.07 Å². The van der Waals surface area contributed by atoms with Crippen molar-refractivity contribution in [3.8, 4) is 11.5 Å². The number of hydrogen-bond acceptors (Lipinski definition) is 5. The number of likely N-dealkylation sites (tertiary alicyclic amines) is 2. The van der Waals surface area contributed by atoms with Gasteiger partial charge in [-0.15, -0.1) is 0 Å². The number of aryl methyl sites for hydroxylation is 1. The van der Waals surface area contributed by atoms with Crippen LogP contribution in [-0.4, -0.2) is 71.0 Å². The van der Waals surface area contributed by atoms with Crippen LogP contribution < -0.4 is 4.74 Å². The van der Waals surface area contributed by atoms with E-state index in [-0.39, 0.29) is 17.9 Å². The first-order valence-corrected chi connectivity index (χ1v) is 10.5. The quantitative estimate of drug-likeness (QED) is 0.834. The van der Waals surface area contributed by atoms with Gasteiger partial charge in [-0.2, -0.15) is 0 Å². The Morgan fingerprint density at radius 3 is 2.74 bits per heavy atom. The monoisotopic (exact) mass is 372 g/mol. The Morgan fingerprint density at radius 2 is 2.00 bits per heavy atom. The normalized spacial score (nSPS) is 39.3. The average molecular weight is 373 g/mol. The van der Waals surface area contributed by atoms with E-state index in [1.165, 1.54) is 12.8 Å². The predicted molar refractivity (Wildman–Crippen MR) is 104 cm³/mol. The Hall–Kier alpha value is -1.30. The second kappa shape index (κ2) is 5.85. The van der Waals surface area contributed by atoms with Gasteiger partial charge in [0.15, 0.2) is 11.5 Å². The lowest BCUT2D eigenvalue weighted by molar-refractivity contribution is -0.151. The maximum atomic E-state index is 12.4. The molecule has 1 aromatic carbocycles. The molecule has 0 amide bonds. The van der Waals surface area contributed by atoms with Crippen molar-refractivity contribution < 1.29 is 14.9 Å². The minimum Gasteiger partial charge on any atom is -0.504 e. The van der Waals surface area contributed by atoms with Crippen molar-refractivity contribution >= 4 is 0 Å². The smallest absolute Gasteiger partial charge is 0.165 e. The molecule has 5 nitrogen and oxygen atoms in total. The van der Waals surface area contributed by atoms with Crippen LogP contribution in [0.5, 0.6) is 11.5 Å². The third-order valence-corrected chi connectivity index (χ3v) is 7.95. The van der Waals surface area contributed by atoms with Crippen LogP contribution in [0.4, 0.5) is 0 Å². The summed E-state index contributed by atoms with van der Waals surface area (Å²) in [4.78, 5) is 4.79. The minimum absolute atomic E-state index is 0.0807. The Bertz CT molecular complexity index is 764. The molecule has 5 rings (SSSR count). The zero-order valence-corrected chi connectivity index (χ0v) is 16.7. The molecule has 5 heteroatoms. The van der Waals surface area contributed by atoms with Crippen LogP contribution in [0.3, 0.4) is 0 Å². The highest BCUT2D eigenvalue weighted by atomic mass is 16.5. The van der Waals surface area contributed by atoms with E-state index >= 15 is 0 Å². The van der Waals surface area contributed by atoms with Crippen LogP contribution in [-0.2, 0) is 5.41 Å². The molecule has 27 heavy (non-hydrogen) atoms. The molecule has 3 aliphatic heterocycles. The summed E-state index contributed by atoms with van der Waals surface area (Å²) in [7, 11) is 2.11. The van der Waals surface area contributed by atoms with Gasteiger partial charge in [0.2, 0.25) is 0 Å². The van der Waals surface area contributed by atoms with E-state index in [1.54, 1.807) is 6.07 Å². The first-order valence-electron chi connectivity index (χ1n) is 10.5. The molecule has 4 aliphatic rings. The maximum Gasteiger partial charge on any atom is 0.165 e. The van der Waals surface area contributed by atoms with Gasteiger partial charge >= 0.3 is 0 Å². The SMILES string of the molecule is Cc1ccc(O)c2c1C13CCN(CC4CC4)C(C)C1(O)CCN(C)C[C@@H]3O2. The highest BCUT2D eigenvalue weighted by Gasteiger charge is 2.67. The molecule has 0 radical (unpaired) electrons. The molecule has 1 spiro atoms. The molecule has 1 aromatic rings. The maximum absolute atomic E-state index is 12.4. The summed E-state index contributed by atoms with van der Waals surface area (Å²) in [5.41, 5.74) is 0.869. The Labute approximate surface area is 161 Å². The number of ether oxygens (including phenoxy) is 1. The van der Waals surface area contributed by atoms with Crippen LogP contribution in [0.15, 0.2) is 12.1 Å². The van der Waals surface area contributed by atoms with Crippen LogP contribution >= 0.6 is 0 Å². The topological polar surface area (TPSA) is 56.2 Å². The zero-order chi connectivity index (χ0) is 19.0. The van der Waals surface area contributed by atoms with E-state index in [0.29, 0.717) is 5.75 Å². The fraction of sp³-hybridized carbons (Fsp3) is 0.727. The molecular weight excluding hydrogens is 340 g/mol. The lowest BCUT2D eigenvalue weighted by Gasteiger charge is -2.57. The highest BCUT2D eigenvalue weighted by molar-refractivity contribution is 5.59. The molecular formula is C22H32N2O3. The molecule has 1 aliphatic carbocycles. The van der Waals surface area contributed by atoms with Gasteiger partial charge in [-0.05, 0) is 70.7 Å². The fourth-order valence-electron chi connectivity index (χ4n) is 6.18. The number of nitrogens with zero attached hydrogens (tertiary/aromatic N) is 2. The largest absolute Gasteiger partial charge is 0.504 e. The summed E-state index contributed by atoms with van der Waals surface area (Å²) < 4.78 is 6.41. The number of piperidine rings is 1. The number of phenolic OH excluding ortho intramolecular Hbond substituents is 1. The standard InChI is InChI=1S/C22H32N2O3/c1-14-4-7-17(25)20-19(14)21-8-11-24(12-16-5-6-16)15(2)22(21,26)9-10-23(3)13-18(21)27-20/h4,7,15-16,18,25-26H,5-6,8-13H2,1-3H3/t15?,18-,21?,22?/m0/s1. The van der Waals surface area contributed by atoms with E-state index in [0.717, 1.165) is 56.1 Å². The van der Waals surface area contributed by atoms with Crippen molar-refractivity contribution in [3.05, 3.63) is 23.3 Å². The van der Waals surface area contributed by atoms with Gasteiger partial charge in [0, 0.05) is 31.2 Å². The van der Waals surface area contributed by atoms with Crippen LogP contribution in [0, 0.1) is 12.8 Å². The molecule has 3 heterocycles. The third-order valence-electron chi connectivity index (χ3n) is 7.95. The average Bonchev–Trinajstić information content (AvgIpc) is 3.40. The van der Waals surface area contributed by atoms with Crippen molar-refractivity contribution in [2.24, 2.45) is 5.92 Å². The predicted octanol–water partition coefficient (Wildman–Crippen LogP) is 2.27. The number of fused-ring (bicyclic) bond motifs is 1. The Morgan fingerprint density at radius 1 is 1.22 bits per heavy atom. The van der Waals surface area contributed by atoms with Gasteiger partial charge in [-0.25, -0.2) is 0 Å². The second-order valence-electron chi connectivity index (χ2n) is 9.48. The van der Waals surface area contributed by atoms with E-state index in [1.807, 2.05) is 6.07 Å². The fourth-order valence-corrected chi connectivity index (χ4v) is 6.18. The molecule has 0 bridgehead atoms. The van der Waals surface area contributed by atoms with Crippen molar-refractivity contribution in [1.29, 1.82) is 0 Å². The molecule has 3 fully saturated rings. The molecule has 148 valence electrons. The lowest BCUT2D eigenvalue weighted by atomic mass is 9.56. The third kappa shape index (κ3) is 2.34. The summed E-state index contributed by atoms with van der Waals surface area (Å²) in [5, 5.41) is 22.9. The number of likely N-dealkylation sites (N-methyl/N-ethyl adjacent to an activating group) is 1. The van der Waals surface area contributed by atoms with Gasteiger partial charge in [0.1, 0.15) is 6.10 Å². The summed E-state index contributed by atoms with van der Waals surface area (Å²) >= 11 is 0. The van der Waals surface area contributed by atoms with Crippen molar-refractivity contribution in [3.63, 3.8) is 0 Å². The molecule has 0 aromatic heterocycles. The molecule has 3 unspecified atom stereocenters. The second-order valence-corrected chi connectivity index (χ2v) is 9.48. The van der Waals surface area contributed by atoms with Crippen molar-refractivity contribution in [1.82, 2.24) is 9.80 Å².